The number of halogens is 1. The smallest absolute Gasteiger partial charge is 0.194 e. The molecular formula is C20H32FN5. The molecule has 0 aromatic heterocycles. The van der Waals surface area contributed by atoms with Crippen LogP contribution in [-0.2, 0) is 0 Å². The average molecular weight is 362 g/mol. The van der Waals surface area contributed by atoms with E-state index in [0.29, 0.717) is 5.92 Å². The maximum absolute atomic E-state index is 13.1. The first kappa shape index (κ1) is 19.0. The van der Waals surface area contributed by atoms with Crippen LogP contribution in [0.4, 0.5) is 10.1 Å². The van der Waals surface area contributed by atoms with Crippen LogP contribution in [0.3, 0.4) is 0 Å². The summed E-state index contributed by atoms with van der Waals surface area (Å²) in [5.74, 6) is 1.53. The Labute approximate surface area is 156 Å². The third-order valence-corrected chi connectivity index (χ3v) is 5.33. The molecule has 0 bridgehead atoms. The van der Waals surface area contributed by atoms with Crippen molar-refractivity contribution in [1.29, 1.82) is 0 Å². The average Bonchev–Trinajstić information content (AvgIpc) is 2.66. The molecule has 5 nitrogen and oxygen atoms in total. The molecule has 2 aliphatic rings. The zero-order valence-corrected chi connectivity index (χ0v) is 16.1. The zero-order valence-electron chi connectivity index (χ0n) is 16.1. The molecule has 2 aliphatic heterocycles. The Morgan fingerprint density at radius 2 is 1.88 bits per heavy atom. The number of nitrogens with one attached hydrogen (secondary N) is 1. The third-order valence-electron chi connectivity index (χ3n) is 5.33. The number of guanidine groups is 1. The van der Waals surface area contributed by atoms with Gasteiger partial charge in [0, 0.05) is 51.5 Å². The largest absolute Gasteiger partial charge is 0.368 e. The van der Waals surface area contributed by atoms with Gasteiger partial charge in [-0.15, -0.1) is 0 Å². The topological polar surface area (TPSA) is 34.1 Å². The van der Waals surface area contributed by atoms with E-state index in [9.17, 15) is 4.39 Å². The lowest BCUT2D eigenvalue weighted by Gasteiger charge is -2.38. The predicted molar refractivity (Wildman–Crippen MR) is 106 cm³/mol. The standard InChI is InChI=1S/C20H32FN5/c1-3-22-20(23-15-17-5-4-10-24(2)16-17)26-13-11-25(12-14-26)19-8-6-18(21)7-9-19/h6-9,17H,3-5,10-16H2,1-2H3,(H,22,23). The first-order chi connectivity index (χ1) is 12.7. The fraction of sp³-hybridized carbons (Fsp3) is 0.650. The first-order valence-corrected chi connectivity index (χ1v) is 9.88. The summed E-state index contributed by atoms with van der Waals surface area (Å²) in [5.41, 5.74) is 1.10. The summed E-state index contributed by atoms with van der Waals surface area (Å²) in [5, 5.41) is 3.46. The molecule has 6 heteroatoms. The minimum atomic E-state index is -0.178. The molecule has 3 rings (SSSR count). The van der Waals surface area contributed by atoms with Crippen molar-refractivity contribution in [1.82, 2.24) is 15.1 Å². The molecule has 1 aromatic rings. The number of hydrogen-bond donors (Lipinski definition) is 1. The van der Waals surface area contributed by atoms with Crippen molar-refractivity contribution in [3.63, 3.8) is 0 Å². The SMILES string of the molecule is CCNC(=NCC1CCCN(C)C1)N1CCN(c2ccc(F)cc2)CC1. The van der Waals surface area contributed by atoms with E-state index < -0.39 is 0 Å². The van der Waals surface area contributed by atoms with E-state index in [0.717, 1.165) is 57.5 Å². The molecule has 26 heavy (non-hydrogen) atoms. The van der Waals surface area contributed by atoms with Crippen molar-refractivity contribution >= 4 is 11.6 Å². The third kappa shape index (κ3) is 5.10. The maximum Gasteiger partial charge on any atom is 0.194 e. The predicted octanol–water partition coefficient (Wildman–Crippen LogP) is 2.26. The molecule has 1 unspecified atom stereocenters. The number of nitrogens with zero attached hydrogens (tertiary/aromatic N) is 4. The van der Waals surface area contributed by atoms with Crippen LogP contribution < -0.4 is 10.2 Å². The number of piperidine rings is 1. The number of likely N-dealkylation sites (tertiary alicyclic amines) is 1. The van der Waals surface area contributed by atoms with Crippen molar-refractivity contribution in [2.24, 2.45) is 10.9 Å². The number of benzene rings is 1. The molecule has 1 atom stereocenters. The normalized spacial score (nSPS) is 22.6. The van der Waals surface area contributed by atoms with E-state index in [1.54, 1.807) is 0 Å². The lowest BCUT2D eigenvalue weighted by Crippen LogP contribution is -2.52. The fourth-order valence-corrected chi connectivity index (χ4v) is 3.89. The van der Waals surface area contributed by atoms with Gasteiger partial charge in [-0.3, -0.25) is 4.99 Å². The van der Waals surface area contributed by atoms with Crippen molar-refractivity contribution in [2.45, 2.75) is 19.8 Å². The van der Waals surface area contributed by atoms with Crippen LogP contribution in [0.5, 0.6) is 0 Å². The van der Waals surface area contributed by atoms with Crippen LogP contribution >= 0.6 is 0 Å². The number of rotatable bonds is 4. The molecule has 0 saturated carbocycles. The Kier molecular flexibility index (Phi) is 6.72. The summed E-state index contributed by atoms with van der Waals surface area (Å²) in [6.07, 6.45) is 2.56. The lowest BCUT2D eigenvalue weighted by atomic mass is 9.99. The molecule has 2 saturated heterocycles. The van der Waals surface area contributed by atoms with E-state index in [1.165, 1.54) is 31.5 Å². The minimum absolute atomic E-state index is 0.178. The second kappa shape index (κ2) is 9.21. The van der Waals surface area contributed by atoms with Crippen molar-refractivity contribution < 1.29 is 4.39 Å². The molecule has 0 spiro atoms. The van der Waals surface area contributed by atoms with E-state index in [2.05, 4.69) is 34.0 Å². The molecular weight excluding hydrogens is 329 g/mol. The van der Waals surface area contributed by atoms with Gasteiger partial charge in [0.1, 0.15) is 5.82 Å². The lowest BCUT2D eigenvalue weighted by molar-refractivity contribution is 0.214. The first-order valence-electron chi connectivity index (χ1n) is 9.88. The van der Waals surface area contributed by atoms with Gasteiger partial charge >= 0.3 is 0 Å². The second-order valence-corrected chi connectivity index (χ2v) is 7.42. The van der Waals surface area contributed by atoms with Crippen LogP contribution in [-0.4, -0.2) is 75.2 Å². The molecule has 2 fully saturated rings. The van der Waals surface area contributed by atoms with Crippen molar-refractivity contribution in [3.8, 4) is 0 Å². The van der Waals surface area contributed by atoms with Gasteiger partial charge in [-0.1, -0.05) is 0 Å². The van der Waals surface area contributed by atoms with Crippen LogP contribution in [0.15, 0.2) is 29.3 Å². The maximum atomic E-state index is 13.1. The van der Waals surface area contributed by atoms with E-state index >= 15 is 0 Å². The van der Waals surface area contributed by atoms with Gasteiger partial charge in [0.2, 0.25) is 0 Å². The van der Waals surface area contributed by atoms with Crippen LogP contribution in [0.2, 0.25) is 0 Å². The monoisotopic (exact) mass is 361 g/mol. The molecule has 0 aliphatic carbocycles. The van der Waals surface area contributed by atoms with Gasteiger partial charge in [-0.2, -0.15) is 0 Å². The van der Waals surface area contributed by atoms with E-state index in [-0.39, 0.29) is 5.82 Å². The Balaban J connectivity index is 1.55. The van der Waals surface area contributed by atoms with Gasteiger partial charge in [0.25, 0.3) is 0 Å². The summed E-state index contributed by atoms with van der Waals surface area (Å²) in [6, 6.07) is 6.80. The Morgan fingerprint density at radius 1 is 1.15 bits per heavy atom. The van der Waals surface area contributed by atoms with Crippen LogP contribution in [0.25, 0.3) is 0 Å². The number of anilines is 1. The minimum Gasteiger partial charge on any atom is -0.368 e. The Hall–Kier alpha value is -1.82. The molecule has 1 aromatic carbocycles. The van der Waals surface area contributed by atoms with Crippen LogP contribution in [0.1, 0.15) is 19.8 Å². The summed E-state index contributed by atoms with van der Waals surface area (Å²) >= 11 is 0. The Morgan fingerprint density at radius 3 is 2.54 bits per heavy atom. The molecule has 2 heterocycles. The van der Waals surface area contributed by atoms with Gasteiger partial charge in [-0.05, 0) is 63.5 Å². The number of aliphatic imine (C=N–C) groups is 1. The summed E-state index contributed by atoms with van der Waals surface area (Å²) in [6.45, 7) is 10.0. The van der Waals surface area contributed by atoms with Crippen molar-refractivity contribution in [2.75, 3.05) is 64.3 Å². The Bertz CT molecular complexity index is 580. The van der Waals surface area contributed by atoms with Gasteiger partial charge in [0.05, 0.1) is 0 Å². The molecule has 0 amide bonds. The highest BCUT2D eigenvalue weighted by Gasteiger charge is 2.21. The van der Waals surface area contributed by atoms with E-state index in [1.807, 2.05) is 12.1 Å². The van der Waals surface area contributed by atoms with Gasteiger partial charge in [0.15, 0.2) is 5.96 Å². The van der Waals surface area contributed by atoms with Crippen LogP contribution in [0, 0.1) is 11.7 Å². The molecule has 0 radical (unpaired) electrons. The highest BCUT2D eigenvalue weighted by Crippen LogP contribution is 2.18. The quantitative estimate of drug-likeness (QED) is 0.659. The number of hydrogen-bond acceptors (Lipinski definition) is 3. The van der Waals surface area contributed by atoms with Gasteiger partial charge in [-0.25, -0.2) is 4.39 Å². The zero-order chi connectivity index (χ0) is 18.4. The summed E-state index contributed by atoms with van der Waals surface area (Å²) in [7, 11) is 2.20. The number of piperazine rings is 1. The van der Waals surface area contributed by atoms with Crippen molar-refractivity contribution in [3.05, 3.63) is 30.1 Å². The summed E-state index contributed by atoms with van der Waals surface area (Å²) in [4.78, 5) is 12.0. The van der Waals surface area contributed by atoms with Gasteiger partial charge < -0.3 is 20.0 Å². The second-order valence-electron chi connectivity index (χ2n) is 7.42. The highest BCUT2D eigenvalue weighted by atomic mass is 19.1. The molecule has 144 valence electrons. The molecule has 1 N–H and O–H groups in total. The fourth-order valence-electron chi connectivity index (χ4n) is 3.89. The highest BCUT2D eigenvalue weighted by molar-refractivity contribution is 5.80. The summed E-state index contributed by atoms with van der Waals surface area (Å²) < 4.78 is 13.1. The van der Waals surface area contributed by atoms with E-state index in [4.69, 9.17) is 4.99 Å².